The zero-order valence-electron chi connectivity index (χ0n) is 13.1. The van der Waals surface area contributed by atoms with Gasteiger partial charge in [0.15, 0.2) is 0 Å². The van der Waals surface area contributed by atoms with E-state index >= 15 is 0 Å². The molecule has 2 amide bonds. The van der Waals surface area contributed by atoms with Crippen LogP contribution in [-0.2, 0) is 24.5 Å². The van der Waals surface area contributed by atoms with Crippen LogP contribution in [0, 0.1) is 11.3 Å². The lowest BCUT2D eigenvalue weighted by atomic mass is 10.0. The molecule has 2 aliphatic heterocycles. The summed E-state index contributed by atoms with van der Waals surface area (Å²) in [5.74, 6) is 0. The first kappa shape index (κ1) is 14.7. The van der Waals surface area contributed by atoms with Gasteiger partial charge in [0.1, 0.15) is 12.6 Å². The molecular weight excluding hydrogens is 306 g/mol. The molecule has 1 unspecified atom stereocenters. The molecule has 1 fully saturated rings. The number of hydrogen-bond donors (Lipinski definition) is 0. The minimum Gasteiger partial charge on any atom is -0.314 e. The van der Waals surface area contributed by atoms with Crippen LogP contribution in [0.25, 0.3) is 0 Å². The maximum Gasteiger partial charge on any atom is 0.345 e. The van der Waals surface area contributed by atoms with E-state index in [2.05, 4.69) is 11.2 Å². The van der Waals surface area contributed by atoms with Gasteiger partial charge in [-0.1, -0.05) is 30.3 Å². The molecule has 1 atom stereocenters. The second-order valence-electron chi connectivity index (χ2n) is 5.94. The highest BCUT2D eigenvalue weighted by Crippen LogP contribution is 2.38. The molecule has 7 heteroatoms. The van der Waals surface area contributed by atoms with Crippen LogP contribution in [-0.4, -0.2) is 32.3 Å². The Kier molecular flexibility index (Phi) is 3.67. The largest absolute Gasteiger partial charge is 0.345 e. The topological polar surface area (TPSA) is 74.4 Å². The van der Waals surface area contributed by atoms with Crippen LogP contribution in [0.5, 0.6) is 0 Å². The molecule has 0 radical (unpaired) electrons. The maximum absolute atomic E-state index is 12.5. The monoisotopic (exact) mass is 323 g/mol. The van der Waals surface area contributed by atoms with Crippen molar-refractivity contribution in [3.63, 3.8) is 0 Å². The predicted molar refractivity (Wildman–Crippen MR) is 84.1 cm³/mol. The summed E-state index contributed by atoms with van der Waals surface area (Å²) in [6.07, 6.45) is 2.20. The molecule has 2 aliphatic rings. The Morgan fingerprint density at radius 3 is 2.96 bits per heavy atom. The van der Waals surface area contributed by atoms with Gasteiger partial charge in [-0.2, -0.15) is 15.4 Å². The number of aromatic nitrogens is 2. The fraction of sp³-hybridized carbons (Fsp3) is 0.353. The number of rotatable bonds is 5. The number of aryl methyl sites for hydroxylation is 1. The molecule has 1 saturated heterocycles. The predicted octanol–water partition coefficient (Wildman–Crippen LogP) is 2.22. The molecule has 7 nitrogen and oxygen atoms in total. The number of nitriles is 1. The van der Waals surface area contributed by atoms with Gasteiger partial charge in [0.25, 0.3) is 0 Å². The lowest BCUT2D eigenvalue weighted by Gasteiger charge is -2.23. The van der Waals surface area contributed by atoms with Gasteiger partial charge in [-0.25, -0.2) is 4.79 Å². The van der Waals surface area contributed by atoms with Gasteiger partial charge in [0.2, 0.25) is 0 Å². The van der Waals surface area contributed by atoms with Gasteiger partial charge in [-0.3, -0.25) is 9.52 Å². The van der Waals surface area contributed by atoms with E-state index < -0.39 is 0 Å². The first-order valence-electron chi connectivity index (χ1n) is 7.94. The summed E-state index contributed by atoms with van der Waals surface area (Å²) in [7, 11) is 0. The van der Waals surface area contributed by atoms with Crippen LogP contribution in [0.1, 0.15) is 29.3 Å². The zero-order chi connectivity index (χ0) is 16.5. The number of hydrogen-bond acceptors (Lipinski definition) is 4. The molecule has 24 heavy (non-hydrogen) atoms. The molecule has 2 aromatic rings. The van der Waals surface area contributed by atoms with Gasteiger partial charge in [-0.15, -0.1) is 0 Å². The van der Waals surface area contributed by atoms with Crippen LogP contribution < -0.4 is 0 Å². The van der Waals surface area contributed by atoms with E-state index in [1.807, 2.05) is 35.0 Å². The van der Waals surface area contributed by atoms with Crippen molar-refractivity contribution in [3.8, 4) is 6.07 Å². The highest BCUT2D eigenvalue weighted by Gasteiger charge is 2.45. The highest BCUT2D eigenvalue weighted by molar-refractivity contribution is 5.77. The molecular formula is C17H17N5O2. The molecule has 1 aromatic heterocycles. The number of benzene rings is 1. The second kappa shape index (κ2) is 5.98. The van der Waals surface area contributed by atoms with Gasteiger partial charge in [0, 0.05) is 5.56 Å². The van der Waals surface area contributed by atoms with Crippen molar-refractivity contribution in [2.75, 3.05) is 6.54 Å². The summed E-state index contributed by atoms with van der Waals surface area (Å²) >= 11 is 0. The molecule has 0 aliphatic carbocycles. The molecule has 0 spiro atoms. The highest BCUT2D eigenvalue weighted by atomic mass is 16.7. The molecule has 0 N–H and O–H groups in total. The number of amides is 2. The van der Waals surface area contributed by atoms with E-state index in [9.17, 15) is 4.79 Å². The first-order chi connectivity index (χ1) is 11.8. The number of carbonyl (C=O) groups is 1. The SMILES string of the molecule is N#CCCn1ncc2c1CN1CC2N(OCc2ccccc2)C1=O. The lowest BCUT2D eigenvalue weighted by molar-refractivity contribution is -0.141. The van der Waals surface area contributed by atoms with Crippen molar-refractivity contribution < 1.29 is 9.63 Å². The molecule has 2 bridgehead atoms. The summed E-state index contributed by atoms with van der Waals surface area (Å²) in [5, 5.41) is 14.6. The minimum absolute atomic E-state index is 0.112. The smallest absolute Gasteiger partial charge is 0.314 e. The number of nitrogens with zero attached hydrogens (tertiary/aromatic N) is 5. The fourth-order valence-electron chi connectivity index (χ4n) is 3.26. The summed E-state index contributed by atoms with van der Waals surface area (Å²) in [5.41, 5.74) is 3.04. The second-order valence-corrected chi connectivity index (χ2v) is 5.94. The Morgan fingerprint density at radius 2 is 2.17 bits per heavy atom. The zero-order valence-corrected chi connectivity index (χ0v) is 13.1. The first-order valence-corrected chi connectivity index (χ1v) is 7.94. The normalized spacial score (nSPS) is 18.6. The van der Waals surface area contributed by atoms with Crippen molar-refractivity contribution in [2.45, 2.75) is 32.2 Å². The Labute approximate surface area is 139 Å². The van der Waals surface area contributed by atoms with E-state index in [-0.39, 0.29) is 12.1 Å². The Bertz CT molecular complexity index is 795. The van der Waals surface area contributed by atoms with Crippen LogP contribution in [0.2, 0.25) is 0 Å². The third-order valence-electron chi connectivity index (χ3n) is 4.46. The van der Waals surface area contributed by atoms with E-state index in [1.54, 1.807) is 11.1 Å². The van der Waals surface area contributed by atoms with Crippen LogP contribution in [0.15, 0.2) is 36.5 Å². The van der Waals surface area contributed by atoms with Gasteiger partial charge in [0.05, 0.1) is 44.0 Å². The summed E-state index contributed by atoms with van der Waals surface area (Å²) in [4.78, 5) is 20.1. The maximum atomic E-state index is 12.5. The van der Waals surface area contributed by atoms with E-state index in [4.69, 9.17) is 10.1 Å². The molecule has 1 aromatic carbocycles. The quantitative estimate of drug-likeness (QED) is 0.845. The van der Waals surface area contributed by atoms with Gasteiger partial charge in [-0.05, 0) is 5.56 Å². The molecule has 4 rings (SSSR count). The van der Waals surface area contributed by atoms with Crippen molar-refractivity contribution >= 4 is 6.03 Å². The number of fused-ring (bicyclic) bond motifs is 4. The Hall–Kier alpha value is -2.85. The summed E-state index contributed by atoms with van der Waals surface area (Å²) in [6, 6.07) is 11.7. The fourth-order valence-corrected chi connectivity index (χ4v) is 3.26. The Balaban J connectivity index is 1.54. The van der Waals surface area contributed by atoms with Crippen molar-refractivity contribution in [1.29, 1.82) is 5.26 Å². The molecule has 122 valence electrons. The number of urea groups is 1. The number of carbonyl (C=O) groups excluding carboxylic acids is 1. The van der Waals surface area contributed by atoms with E-state index in [1.165, 1.54) is 5.06 Å². The molecule has 0 saturated carbocycles. The van der Waals surface area contributed by atoms with E-state index in [0.717, 1.165) is 16.8 Å². The van der Waals surface area contributed by atoms with Crippen LogP contribution in [0.3, 0.4) is 0 Å². The summed E-state index contributed by atoms with van der Waals surface area (Å²) < 4.78 is 1.83. The lowest BCUT2D eigenvalue weighted by Crippen LogP contribution is -2.31. The average Bonchev–Trinajstić information content (AvgIpc) is 3.13. The minimum atomic E-state index is -0.138. The average molecular weight is 323 g/mol. The third-order valence-corrected chi connectivity index (χ3v) is 4.46. The van der Waals surface area contributed by atoms with Crippen molar-refractivity contribution in [3.05, 3.63) is 53.3 Å². The third kappa shape index (κ3) is 2.41. The van der Waals surface area contributed by atoms with Crippen molar-refractivity contribution in [2.24, 2.45) is 0 Å². The Morgan fingerprint density at radius 1 is 1.33 bits per heavy atom. The van der Waals surface area contributed by atoms with Crippen LogP contribution >= 0.6 is 0 Å². The van der Waals surface area contributed by atoms with Gasteiger partial charge >= 0.3 is 6.03 Å². The number of hydroxylamine groups is 2. The summed E-state index contributed by atoms with van der Waals surface area (Å²) in [6.45, 7) is 2.03. The van der Waals surface area contributed by atoms with E-state index in [0.29, 0.717) is 32.7 Å². The van der Waals surface area contributed by atoms with Gasteiger partial charge < -0.3 is 4.90 Å². The standard InChI is InChI=1S/C17H17N5O2/c18-7-4-8-21-15-10-20-11-16(14(15)9-19-21)22(17(20)23)24-12-13-5-2-1-3-6-13/h1-3,5-6,9,16H,4,8,10-12H2. The van der Waals surface area contributed by atoms with Crippen molar-refractivity contribution in [1.82, 2.24) is 19.7 Å². The van der Waals surface area contributed by atoms with Crippen LogP contribution in [0.4, 0.5) is 4.79 Å². The molecule has 3 heterocycles.